The molecular weight excluding hydrogens is 755 g/mol. The maximum absolute atomic E-state index is 12.4. The lowest BCUT2D eigenvalue weighted by molar-refractivity contribution is -0.143. The number of rotatable bonds is 50. The van der Waals surface area contributed by atoms with E-state index in [4.69, 9.17) is 4.74 Å². The van der Waals surface area contributed by atoms with Crippen molar-refractivity contribution in [1.29, 1.82) is 0 Å². The number of unbranched alkanes of at least 4 members (excludes halogenated alkanes) is 37. The van der Waals surface area contributed by atoms with E-state index in [0.717, 1.165) is 77.0 Å². The highest BCUT2D eigenvalue weighted by molar-refractivity contribution is 5.76. The summed E-state index contributed by atoms with van der Waals surface area (Å²) in [5.74, 6) is -0.115. The first-order valence-electron chi connectivity index (χ1n) is 27.1. The van der Waals surface area contributed by atoms with Gasteiger partial charge >= 0.3 is 5.97 Å². The van der Waals surface area contributed by atoms with Gasteiger partial charge in [-0.1, -0.05) is 237 Å². The van der Waals surface area contributed by atoms with Crippen LogP contribution in [0, 0.1) is 0 Å². The fourth-order valence-corrected chi connectivity index (χ4v) is 8.27. The molecule has 0 radical (unpaired) electrons. The van der Waals surface area contributed by atoms with E-state index in [0.29, 0.717) is 19.4 Å². The van der Waals surface area contributed by atoms with Gasteiger partial charge in [0.15, 0.2) is 0 Å². The summed E-state index contributed by atoms with van der Waals surface area (Å²) in [5.41, 5.74) is 0. The molecule has 0 bridgehead atoms. The minimum Gasteiger partial charge on any atom is -0.466 e. The number of aliphatic hydroxyl groups is 2. The molecular formula is C55H105NO5. The van der Waals surface area contributed by atoms with Crippen molar-refractivity contribution in [1.82, 2.24) is 5.32 Å². The van der Waals surface area contributed by atoms with E-state index in [-0.39, 0.29) is 18.5 Å². The van der Waals surface area contributed by atoms with Gasteiger partial charge in [-0.3, -0.25) is 9.59 Å². The molecule has 0 aliphatic heterocycles. The van der Waals surface area contributed by atoms with Crippen LogP contribution in [0.2, 0.25) is 0 Å². The predicted molar refractivity (Wildman–Crippen MR) is 264 cm³/mol. The summed E-state index contributed by atoms with van der Waals surface area (Å²) < 4.78 is 5.43. The Morgan fingerprint density at radius 2 is 0.770 bits per heavy atom. The van der Waals surface area contributed by atoms with E-state index < -0.39 is 12.1 Å². The van der Waals surface area contributed by atoms with Crippen molar-refractivity contribution in [3.8, 4) is 0 Å². The molecule has 2 unspecified atom stereocenters. The average molecular weight is 860 g/mol. The number of hydrogen-bond acceptors (Lipinski definition) is 5. The number of amides is 1. The van der Waals surface area contributed by atoms with Crippen molar-refractivity contribution in [3.05, 3.63) is 24.3 Å². The van der Waals surface area contributed by atoms with E-state index in [1.165, 1.54) is 186 Å². The maximum Gasteiger partial charge on any atom is 0.305 e. The summed E-state index contributed by atoms with van der Waals surface area (Å²) in [4.78, 5) is 24.4. The number of aliphatic hydroxyl groups excluding tert-OH is 2. The highest BCUT2D eigenvalue weighted by atomic mass is 16.5. The first-order valence-corrected chi connectivity index (χ1v) is 27.1. The quantitative estimate of drug-likeness (QED) is 0.0322. The zero-order valence-electron chi connectivity index (χ0n) is 40.9. The number of ether oxygens (including phenoxy) is 1. The van der Waals surface area contributed by atoms with Crippen LogP contribution in [0.15, 0.2) is 24.3 Å². The molecule has 0 saturated heterocycles. The SMILES string of the molecule is CCCCCCCCCCCCCCCCCCCC/C=C/C(O)C(CO)NC(=O)CCCCCCC/C=C\CCCCCOC(=O)CCCCCCCCCCCCCC. The van der Waals surface area contributed by atoms with Gasteiger partial charge in [0.05, 0.1) is 25.4 Å². The van der Waals surface area contributed by atoms with Crippen LogP contribution in [-0.4, -0.2) is 47.4 Å². The van der Waals surface area contributed by atoms with Gasteiger partial charge in [-0.05, 0) is 64.2 Å². The average Bonchev–Trinajstić information content (AvgIpc) is 3.26. The van der Waals surface area contributed by atoms with Crippen LogP contribution in [0.1, 0.15) is 290 Å². The second-order valence-corrected chi connectivity index (χ2v) is 18.6. The molecule has 0 fully saturated rings. The molecule has 6 nitrogen and oxygen atoms in total. The van der Waals surface area contributed by atoms with Crippen LogP contribution in [0.5, 0.6) is 0 Å². The second kappa shape index (κ2) is 51.0. The third-order valence-electron chi connectivity index (χ3n) is 12.5. The summed E-state index contributed by atoms with van der Waals surface area (Å²) >= 11 is 0. The molecule has 2 atom stereocenters. The zero-order chi connectivity index (χ0) is 44.4. The van der Waals surface area contributed by atoms with Gasteiger partial charge in [-0.2, -0.15) is 0 Å². The number of allylic oxidation sites excluding steroid dienone is 3. The Balaban J connectivity index is 3.54. The molecule has 0 aliphatic carbocycles. The first kappa shape index (κ1) is 59.3. The Bertz CT molecular complexity index is 951. The number of esters is 1. The van der Waals surface area contributed by atoms with Gasteiger partial charge in [-0.25, -0.2) is 0 Å². The molecule has 6 heteroatoms. The van der Waals surface area contributed by atoms with Gasteiger partial charge in [0.25, 0.3) is 0 Å². The fourth-order valence-electron chi connectivity index (χ4n) is 8.27. The van der Waals surface area contributed by atoms with Gasteiger partial charge in [0.1, 0.15) is 0 Å². The van der Waals surface area contributed by atoms with Gasteiger partial charge in [0, 0.05) is 12.8 Å². The molecule has 0 aromatic heterocycles. The Labute approximate surface area is 380 Å². The van der Waals surface area contributed by atoms with Crippen LogP contribution in [0.4, 0.5) is 0 Å². The standard InChI is InChI=1S/C55H105NO5/c1-3-5-7-9-11-13-15-17-18-19-20-21-22-23-24-27-31-35-39-43-47-53(58)52(51-57)56-54(59)48-44-40-36-32-28-25-26-30-34-38-42-46-50-61-55(60)49-45-41-37-33-29-16-14-12-10-8-6-4-2/h26,30,43,47,52-53,57-58H,3-25,27-29,31-42,44-46,48-51H2,1-2H3,(H,56,59)/b30-26-,47-43+. The second-order valence-electron chi connectivity index (χ2n) is 18.6. The molecule has 0 aromatic carbocycles. The van der Waals surface area contributed by atoms with Crippen molar-refractivity contribution >= 4 is 11.9 Å². The van der Waals surface area contributed by atoms with E-state index in [1.54, 1.807) is 6.08 Å². The zero-order valence-corrected chi connectivity index (χ0v) is 40.9. The summed E-state index contributed by atoms with van der Waals surface area (Å²) in [7, 11) is 0. The summed E-state index contributed by atoms with van der Waals surface area (Å²) in [6.45, 7) is 4.85. The van der Waals surface area contributed by atoms with Crippen LogP contribution < -0.4 is 5.32 Å². The highest BCUT2D eigenvalue weighted by Crippen LogP contribution is 2.16. The van der Waals surface area contributed by atoms with Gasteiger partial charge < -0.3 is 20.3 Å². The lowest BCUT2D eigenvalue weighted by Gasteiger charge is -2.20. The van der Waals surface area contributed by atoms with Crippen molar-refractivity contribution < 1.29 is 24.5 Å². The molecule has 0 rings (SSSR count). The molecule has 0 aliphatic rings. The third kappa shape index (κ3) is 47.7. The smallest absolute Gasteiger partial charge is 0.305 e. The number of carbonyl (C=O) groups is 2. The molecule has 1 amide bonds. The topological polar surface area (TPSA) is 95.9 Å². The molecule has 3 N–H and O–H groups in total. The Morgan fingerprint density at radius 3 is 1.16 bits per heavy atom. The third-order valence-corrected chi connectivity index (χ3v) is 12.5. The predicted octanol–water partition coefficient (Wildman–Crippen LogP) is 16.3. The van der Waals surface area contributed by atoms with Gasteiger partial charge in [0.2, 0.25) is 5.91 Å². The van der Waals surface area contributed by atoms with Crippen molar-refractivity contribution in [2.24, 2.45) is 0 Å². The van der Waals surface area contributed by atoms with Crippen LogP contribution >= 0.6 is 0 Å². The summed E-state index contributed by atoms with van der Waals surface area (Å²) in [6, 6.07) is -0.646. The Hall–Kier alpha value is -1.66. The molecule has 61 heavy (non-hydrogen) atoms. The van der Waals surface area contributed by atoms with E-state index in [9.17, 15) is 19.8 Å². The monoisotopic (exact) mass is 860 g/mol. The van der Waals surface area contributed by atoms with E-state index in [2.05, 4.69) is 31.3 Å². The van der Waals surface area contributed by atoms with Gasteiger partial charge in [-0.15, -0.1) is 0 Å². The number of carbonyl (C=O) groups excluding carboxylic acids is 2. The highest BCUT2D eigenvalue weighted by Gasteiger charge is 2.18. The van der Waals surface area contributed by atoms with E-state index >= 15 is 0 Å². The van der Waals surface area contributed by atoms with Crippen LogP contribution in [0.25, 0.3) is 0 Å². The molecule has 0 heterocycles. The molecule has 360 valence electrons. The molecule has 0 spiro atoms. The fraction of sp³-hybridized carbons (Fsp3) is 0.891. The van der Waals surface area contributed by atoms with Crippen molar-refractivity contribution in [3.63, 3.8) is 0 Å². The number of hydrogen-bond donors (Lipinski definition) is 3. The Morgan fingerprint density at radius 1 is 0.443 bits per heavy atom. The lowest BCUT2D eigenvalue weighted by Crippen LogP contribution is -2.45. The van der Waals surface area contributed by atoms with Crippen LogP contribution in [-0.2, 0) is 14.3 Å². The molecule has 0 saturated carbocycles. The number of nitrogens with one attached hydrogen (secondary N) is 1. The minimum absolute atomic E-state index is 0.0235. The minimum atomic E-state index is -0.860. The summed E-state index contributed by atoms with van der Waals surface area (Å²) in [6.07, 6.45) is 60.4. The van der Waals surface area contributed by atoms with Crippen molar-refractivity contribution in [2.45, 2.75) is 302 Å². The van der Waals surface area contributed by atoms with Crippen LogP contribution in [0.3, 0.4) is 0 Å². The maximum atomic E-state index is 12.4. The Kier molecular flexibility index (Phi) is 49.6. The first-order chi connectivity index (χ1) is 30.0. The summed E-state index contributed by atoms with van der Waals surface area (Å²) in [5, 5.41) is 23.1. The molecule has 0 aromatic rings. The van der Waals surface area contributed by atoms with Crippen molar-refractivity contribution in [2.75, 3.05) is 13.2 Å². The lowest BCUT2D eigenvalue weighted by atomic mass is 10.0. The largest absolute Gasteiger partial charge is 0.466 e. The normalized spacial score (nSPS) is 12.8. The van der Waals surface area contributed by atoms with E-state index in [1.807, 2.05) is 6.08 Å².